The predicted octanol–water partition coefficient (Wildman–Crippen LogP) is 2.09. The van der Waals surface area contributed by atoms with Crippen LogP contribution in [0.15, 0.2) is 30.6 Å². The van der Waals surface area contributed by atoms with Gasteiger partial charge in [0.15, 0.2) is 5.82 Å². The molecule has 1 N–H and O–H groups in total. The molecule has 2 heterocycles. The predicted molar refractivity (Wildman–Crippen MR) is 106 cm³/mol. The van der Waals surface area contributed by atoms with Gasteiger partial charge in [-0.25, -0.2) is 0 Å². The van der Waals surface area contributed by atoms with Crippen LogP contribution in [0.4, 0.5) is 0 Å². The van der Waals surface area contributed by atoms with E-state index in [-0.39, 0.29) is 24.0 Å². The van der Waals surface area contributed by atoms with E-state index in [4.69, 9.17) is 4.74 Å². The lowest BCUT2D eigenvalue weighted by Gasteiger charge is -2.32. The van der Waals surface area contributed by atoms with Crippen LogP contribution in [-0.4, -0.2) is 50.7 Å². The summed E-state index contributed by atoms with van der Waals surface area (Å²) in [5.74, 6) is 1.87. The highest BCUT2D eigenvalue weighted by Gasteiger charge is 2.35. The Bertz CT molecular complexity index is 867. The summed E-state index contributed by atoms with van der Waals surface area (Å²) in [6, 6.07) is 6.93. The van der Waals surface area contributed by atoms with Crippen LogP contribution in [0.3, 0.4) is 0 Å². The molecule has 1 atom stereocenters. The molecular weight excluding hydrogens is 370 g/mol. The molecular formula is C21H27N5O3. The fourth-order valence-corrected chi connectivity index (χ4v) is 3.69. The number of aryl methyl sites for hydroxylation is 1. The maximum atomic E-state index is 12.5. The topological polar surface area (TPSA) is 89.3 Å². The van der Waals surface area contributed by atoms with Gasteiger partial charge in [0.1, 0.15) is 18.2 Å². The molecule has 1 aromatic carbocycles. The van der Waals surface area contributed by atoms with Gasteiger partial charge < -0.3 is 19.5 Å². The van der Waals surface area contributed by atoms with Crippen molar-refractivity contribution in [1.82, 2.24) is 25.0 Å². The molecule has 1 saturated carbocycles. The van der Waals surface area contributed by atoms with Gasteiger partial charge >= 0.3 is 0 Å². The third kappa shape index (κ3) is 4.58. The van der Waals surface area contributed by atoms with Crippen LogP contribution in [0.2, 0.25) is 0 Å². The number of rotatable bonds is 6. The van der Waals surface area contributed by atoms with E-state index >= 15 is 0 Å². The van der Waals surface area contributed by atoms with Crippen LogP contribution in [-0.2, 0) is 11.8 Å². The number of carbonyl (C=O) groups is 2. The second-order valence-corrected chi connectivity index (χ2v) is 7.94. The Morgan fingerprint density at radius 3 is 2.41 bits per heavy atom. The summed E-state index contributed by atoms with van der Waals surface area (Å²) in [6.07, 6.45) is 5.50. The van der Waals surface area contributed by atoms with E-state index in [0.29, 0.717) is 17.3 Å². The van der Waals surface area contributed by atoms with E-state index in [1.165, 1.54) is 0 Å². The molecule has 8 heteroatoms. The molecule has 8 nitrogen and oxygen atoms in total. The number of aromatic nitrogens is 3. The van der Waals surface area contributed by atoms with Gasteiger partial charge in [-0.05, 0) is 44.0 Å². The summed E-state index contributed by atoms with van der Waals surface area (Å²) >= 11 is 0. The number of amides is 2. The van der Waals surface area contributed by atoms with Crippen molar-refractivity contribution in [3.63, 3.8) is 0 Å². The van der Waals surface area contributed by atoms with Crippen LogP contribution < -0.4 is 10.1 Å². The number of hydrogen-bond donors (Lipinski definition) is 1. The van der Waals surface area contributed by atoms with Gasteiger partial charge in [0.25, 0.3) is 5.91 Å². The number of likely N-dealkylation sites (tertiary alicyclic amines) is 1. The summed E-state index contributed by atoms with van der Waals surface area (Å²) < 4.78 is 7.84. The number of ether oxygens (including phenoxy) is 1. The van der Waals surface area contributed by atoms with Crippen molar-refractivity contribution in [2.45, 2.75) is 44.8 Å². The fourth-order valence-electron chi connectivity index (χ4n) is 3.69. The quantitative estimate of drug-likeness (QED) is 0.806. The lowest BCUT2D eigenvalue weighted by atomic mass is 10.1. The lowest BCUT2D eigenvalue weighted by molar-refractivity contribution is -0.134. The van der Waals surface area contributed by atoms with Crippen molar-refractivity contribution in [3.8, 4) is 5.75 Å². The molecule has 2 aliphatic rings. The van der Waals surface area contributed by atoms with Gasteiger partial charge in [0.2, 0.25) is 5.91 Å². The average Bonchev–Trinajstić information content (AvgIpc) is 3.49. The van der Waals surface area contributed by atoms with Crippen LogP contribution in [0.5, 0.6) is 5.75 Å². The van der Waals surface area contributed by atoms with Crippen LogP contribution in [0.25, 0.3) is 0 Å². The third-order valence-electron chi connectivity index (χ3n) is 5.58. The number of nitrogens with zero attached hydrogens (tertiary/aromatic N) is 4. The molecule has 2 fully saturated rings. The standard InChI is InChI=1S/C21H27N5O3/c1-14(19-24-22-13-25(19)2)23-20(27)15-5-7-17(8-6-15)29-18-9-11-26(12-10-18)21(28)16-3-4-16/h5-8,13-14,16,18H,3-4,9-12H2,1-2H3,(H,23,27)/t14-/m0/s1. The summed E-state index contributed by atoms with van der Waals surface area (Å²) in [6.45, 7) is 3.40. The van der Waals surface area contributed by atoms with Crippen molar-refractivity contribution in [3.05, 3.63) is 42.0 Å². The van der Waals surface area contributed by atoms with Crippen molar-refractivity contribution in [2.24, 2.45) is 13.0 Å². The Morgan fingerprint density at radius 2 is 1.83 bits per heavy atom. The Hall–Kier alpha value is -2.90. The Labute approximate surface area is 170 Å². The molecule has 0 radical (unpaired) electrons. The molecule has 29 heavy (non-hydrogen) atoms. The minimum Gasteiger partial charge on any atom is -0.490 e. The zero-order chi connectivity index (χ0) is 20.4. The Balaban J connectivity index is 1.27. The molecule has 1 aromatic heterocycles. The Kier molecular flexibility index (Phi) is 5.51. The maximum Gasteiger partial charge on any atom is 0.251 e. The number of hydrogen-bond acceptors (Lipinski definition) is 5. The first-order chi connectivity index (χ1) is 14.0. The molecule has 1 saturated heterocycles. The molecule has 0 bridgehead atoms. The average molecular weight is 397 g/mol. The first-order valence-corrected chi connectivity index (χ1v) is 10.2. The van der Waals surface area contributed by atoms with E-state index < -0.39 is 0 Å². The molecule has 154 valence electrons. The van der Waals surface area contributed by atoms with Gasteiger partial charge in [0, 0.05) is 44.5 Å². The first kappa shape index (κ1) is 19.4. The number of carbonyl (C=O) groups excluding carboxylic acids is 2. The summed E-state index contributed by atoms with van der Waals surface area (Å²) in [4.78, 5) is 26.6. The van der Waals surface area contributed by atoms with Crippen LogP contribution in [0.1, 0.15) is 54.8 Å². The van der Waals surface area contributed by atoms with E-state index in [9.17, 15) is 9.59 Å². The lowest BCUT2D eigenvalue weighted by Crippen LogP contribution is -2.42. The second-order valence-electron chi connectivity index (χ2n) is 7.94. The van der Waals surface area contributed by atoms with Crippen molar-refractivity contribution in [1.29, 1.82) is 0 Å². The van der Waals surface area contributed by atoms with Crippen molar-refractivity contribution >= 4 is 11.8 Å². The summed E-state index contributed by atoms with van der Waals surface area (Å²) in [5.41, 5.74) is 0.566. The number of piperidine rings is 1. The summed E-state index contributed by atoms with van der Waals surface area (Å²) in [5, 5.41) is 10.8. The molecule has 0 spiro atoms. The zero-order valence-corrected chi connectivity index (χ0v) is 16.9. The van der Waals surface area contributed by atoms with Gasteiger partial charge in [0.05, 0.1) is 6.04 Å². The van der Waals surface area contributed by atoms with Crippen LogP contribution >= 0.6 is 0 Å². The molecule has 0 unspecified atom stereocenters. The monoisotopic (exact) mass is 397 g/mol. The largest absolute Gasteiger partial charge is 0.490 e. The molecule has 4 rings (SSSR count). The zero-order valence-electron chi connectivity index (χ0n) is 16.9. The highest BCUT2D eigenvalue weighted by atomic mass is 16.5. The molecule has 1 aliphatic carbocycles. The SMILES string of the molecule is C[C@H](NC(=O)c1ccc(OC2CCN(C(=O)C3CC3)CC2)cc1)c1nncn1C. The first-order valence-electron chi connectivity index (χ1n) is 10.2. The molecule has 2 aromatic rings. The Morgan fingerprint density at radius 1 is 1.14 bits per heavy atom. The maximum absolute atomic E-state index is 12.5. The van der Waals surface area contributed by atoms with E-state index in [1.807, 2.05) is 31.0 Å². The number of nitrogens with one attached hydrogen (secondary N) is 1. The van der Waals surface area contributed by atoms with Gasteiger partial charge in [-0.3, -0.25) is 9.59 Å². The van der Waals surface area contributed by atoms with E-state index in [2.05, 4.69) is 15.5 Å². The number of benzene rings is 1. The van der Waals surface area contributed by atoms with Crippen molar-refractivity contribution in [2.75, 3.05) is 13.1 Å². The normalized spacial score (nSPS) is 18.3. The van der Waals surface area contributed by atoms with Gasteiger partial charge in [-0.1, -0.05) is 0 Å². The summed E-state index contributed by atoms with van der Waals surface area (Å²) in [7, 11) is 1.84. The molecule has 2 amide bonds. The minimum atomic E-state index is -0.241. The third-order valence-corrected chi connectivity index (χ3v) is 5.58. The minimum absolute atomic E-state index is 0.105. The fraction of sp³-hybridized carbons (Fsp3) is 0.524. The smallest absolute Gasteiger partial charge is 0.251 e. The second kappa shape index (κ2) is 8.23. The van der Waals surface area contributed by atoms with Crippen LogP contribution in [0, 0.1) is 5.92 Å². The van der Waals surface area contributed by atoms with Crippen molar-refractivity contribution < 1.29 is 14.3 Å². The van der Waals surface area contributed by atoms with E-state index in [1.54, 1.807) is 23.0 Å². The van der Waals surface area contributed by atoms with E-state index in [0.717, 1.165) is 44.5 Å². The van der Waals surface area contributed by atoms with Gasteiger partial charge in [-0.15, -0.1) is 10.2 Å². The highest BCUT2D eigenvalue weighted by Crippen LogP contribution is 2.32. The van der Waals surface area contributed by atoms with Gasteiger partial charge in [-0.2, -0.15) is 0 Å². The highest BCUT2D eigenvalue weighted by molar-refractivity contribution is 5.94. The molecule has 1 aliphatic heterocycles.